The number of hydrogen-bond acceptors (Lipinski definition) is 2. The Hall–Kier alpha value is -0.570. The summed E-state index contributed by atoms with van der Waals surface area (Å²) in [7, 11) is 0. The van der Waals surface area contributed by atoms with E-state index in [0.29, 0.717) is 0 Å². The Morgan fingerprint density at radius 1 is 1.11 bits per heavy atom. The first-order valence-corrected chi connectivity index (χ1v) is 7.83. The maximum atomic E-state index is 10.7. The topological polar surface area (TPSA) is 46.5 Å². The van der Waals surface area contributed by atoms with Gasteiger partial charge in [0.1, 0.15) is 0 Å². The maximum Gasteiger partial charge on any atom is 0.305 e. The van der Waals surface area contributed by atoms with E-state index < -0.39 is 5.97 Å². The summed E-state index contributed by atoms with van der Waals surface area (Å²) in [5.74, 6) is -0.781. The number of ether oxygens (including phenoxy) is 1. The summed E-state index contributed by atoms with van der Waals surface area (Å²) < 4.78 is 6.05. The second kappa shape index (κ2) is 10.2. The van der Waals surface area contributed by atoms with Crippen LogP contribution in [-0.4, -0.2) is 22.8 Å². The van der Waals surface area contributed by atoms with Crippen LogP contribution in [0.3, 0.4) is 0 Å². The van der Waals surface area contributed by atoms with Crippen molar-refractivity contribution in [2.24, 2.45) is 0 Å². The molecule has 0 radical (unpaired) electrons. The first-order valence-electron chi connectivity index (χ1n) is 7.83. The Bertz CT molecular complexity index is 240. The van der Waals surface area contributed by atoms with Crippen molar-refractivity contribution in [3.8, 4) is 0 Å². The SMILES string of the molecule is CCCCCCC(C)(CCCC)OC(C)CC(=O)O. The van der Waals surface area contributed by atoms with Crippen molar-refractivity contribution < 1.29 is 14.6 Å². The van der Waals surface area contributed by atoms with Gasteiger partial charge >= 0.3 is 5.97 Å². The molecule has 0 saturated carbocycles. The zero-order valence-electron chi connectivity index (χ0n) is 13.2. The predicted molar refractivity (Wildman–Crippen MR) is 79.5 cm³/mol. The van der Waals surface area contributed by atoms with E-state index in [-0.39, 0.29) is 18.1 Å². The quantitative estimate of drug-likeness (QED) is 0.520. The van der Waals surface area contributed by atoms with E-state index in [9.17, 15) is 4.79 Å². The smallest absolute Gasteiger partial charge is 0.305 e. The van der Waals surface area contributed by atoms with E-state index in [1.165, 1.54) is 25.7 Å². The first kappa shape index (κ1) is 18.4. The number of carboxylic acid groups (broad SMARTS) is 1. The standard InChI is InChI=1S/C16H32O3/c1-5-7-9-10-12-16(4,11-8-6-2)19-14(3)13-15(17)18/h14H,5-13H2,1-4H3,(H,17,18). The van der Waals surface area contributed by atoms with E-state index in [4.69, 9.17) is 9.84 Å². The monoisotopic (exact) mass is 272 g/mol. The third-order valence-corrected chi connectivity index (χ3v) is 3.57. The summed E-state index contributed by atoms with van der Waals surface area (Å²) in [6.07, 6.45) is 9.18. The van der Waals surface area contributed by atoms with Crippen LogP contribution in [0.25, 0.3) is 0 Å². The van der Waals surface area contributed by atoms with Crippen molar-refractivity contribution in [3.63, 3.8) is 0 Å². The Balaban J connectivity index is 4.27. The van der Waals surface area contributed by atoms with E-state index in [1.807, 2.05) is 6.92 Å². The summed E-state index contributed by atoms with van der Waals surface area (Å²) in [4.78, 5) is 10.7. The number of rotatable bonds is 12. The fourth-order valence-corrected chi connectivity index (χ4v) is 2.49. The van der Waals surface area contributed by atoms with Crippen LogP contribution in [0.5, 0.6) is 0 Å². The van der Waals surface area contributed by atoms with Crippen LogP contribution in [0.2, 0.25) is 0 Å². The molecule has 0 aromatic heterocycles. The molecule has 0 amide bonds. The van der Waals surface area contributed by atoms with Crippen LogP contribution in [0, 0.1) is 0 Å². The fraction of sp³-hybridized carbons (Fsp3) is 0.938. The molecule has 0 aliphatic carbocycles. The van der Waals surface area contributed by atoms with Gasteiger partial charge in [-0.15, -0.1) is 0 Å². The lowest BCUT2D eigenvalue weighted by Crippen LogP contribution is -2.33. The van der Waals surface area contributed by atoms with Gasteiger partial charge in [0.15, 0.2) is 0 Å². The molecule has 0 spiro atoms. The van der Waals surface area contributed by atoms with Crippen LogP contribution < -0.4 is 0 Å². The summed E-state index contributed by atoms with van der Waals surface area (Å²) in [5.41, 5.74) is -0.154. The Kier molecular flexibility index (Phi) is 9.94. The van der Waals surface area contributed by atoms with Crippen LogP contribution in [0.4, 0.5) is 0 Å². The molecule has 0 fully saturated rings. The highest BCUT2D eigenvalue weighted by atomic mass is 16.5. The predicted octanol–water partition coefficient (Wildman–Crippen LogP) is 4.79. The van der Waals surface area contributed by atoms with Crippen molar-refractivity contribution in [3.05, 3.63) is 0 Å². The molecule has 0 heterocycles. The summed E-state index contributed by atoms with van der Waals surface area (Å²) in [5, 5.41) is 8.82. The molecular weight excluding hydrogens is 240 g/mol. The van der Waals surface area contributed by atoms with Crippen LogP contribution in [-0.2, 0) is 9.53 Å². The first-order chi connectivity index (χ1) is 8.93. The van der Waals surface area contributed by atoms with Gasteiger partial charge in [0.25, 0.3) is 0 Å². The molecule has 0 aromatic rings. The molecule has 0 saturated heterocycles. The second-order valence-corrected chi connectivity index (χ2v) is 5.89. The molecule has 0 bridgehead atoms. The Morgan fingerprint density at radius 2 is 1.68 bits per heavy atom. The third kappa shape index (κ3) is 9.94. The number of aliphatic carboxylic acids is 1. The van der Waals surface area contributed by atoms with Gasteiger partial charge in [0.05, 0.1) is 18.1 Å². The molecular formula is C16H32O3. The number of carbonyl (C=O) groups is 1. The molecule has 0 aliphatic heterocycles. The van der Waals surface area contributed by atoms with E-state index >= 15 is 0 Å². The van der Waals surface area contributed by atoms with Crippen molar-refractivity contribution >= 4 is 5.97 Å². The van der Waals surface area contributed by atoms with Gasteiger partial charge in [-0.2, -0.15) is 0 Å². The molecule has 0 aliphatic rings. The van der Waals surface area contributed by atoms with E-state index in [0.717, 1.165) is 25.7 Å². The molecule has 0 aromatic carbocycles. The highest BCUT2D eigenvalue weighted by molar-refractivity contribution is 5.67. The van der Waals surface area contributed by atoms with Crippen molar-refractivity contribution in [1.82, 2.24) is 0 Å². The van der Waals surface area contributed by atoms with Gasteiger partial charge in [-0.05, 0) is 26.7 Å². The molecule has 2 atom stereocenters. The zero-order valence-corrected chi connectivity index (χ0v) is 13.2. The highest BCUT2D eigenvalue weighted by Crippen LogP contribution is 2.28. The lowest BCUT2D eigenvalue weighted by molar-refractivity contribution is -0.145. The molecule has 0 rings (SSSR count). The normalized spacial score (nSPS) is 16.0. The minimum absolute atomic E-state index is 0.0939. The van der Waals surface area contributed by atoms with Crippen molar-refractivity contribution in [2.75, 3.05) is 0 Å². The largest absolute Gasteiger partial charge is 0.481 e. The van der Waals surface area contributed by atoms with Gasteiger partial charge < -0.3 is 9.84 Å². The number of unbranched alkanes of at least 4 members (excludes halogenated alkanes) is 4. The van der Waals surface area contributed by atoms with E-state index in [1.54, 1.807) is 0 Å². The van der Waals surface area contributed by atoms with Gasteiger partial charge in [-0.3, -0.25) is 4.79 Å². The van der Waals surface area contributed by atoms with Gasteiger partial charge in [0.2, 0.25) is 0 Å². The Labute approximate surface area is 118 Å². The molecule has 2 unspecified atom stereocenters. The molecule has 114 valence electrons. The van der Waals surface area contributed by atoms with Gasteiger partial charge in [-0.25, -0.2) is 0 Å². The fourth-order valence-electron chi connectivity index (χ4n) is 2.49. The lowest BCUT2D eigenvalue weighted by Gasteiger charge is -2.33. The summed E-state index contributed by atoms with van der Waals surface area (Å²) in [6.45, 7) is 8.40. The minimum atomic E-state index is -0.781. The van der Waals surface area contributed by atoms with Gasteiger partial charge in [-0.1, -0.05) is 52.4 Å². The third-order valence-electron chi connectivity index (χ3n) is 3.57. The summed E-state index contributed by atoms with van der Waals surface area (Å²) in [6, 6.07) is 0. The number of carboxylic acids is 1. The van der Waals surface area contributed by atoms with E-state index in [2.05, 4.69) is 20.8 Å². The average molecular weight is 272 g/mol. The Morgan fingerprint density at radius 3 is 2.21 bits per heavy atom. The molecule has 3 heteroatoms. The summed E-state index contributed by atoms with van der Waals surface area (Å²) >= 11 is 0. The lowest BCUT2D eigenvalue weighted by atomic mass is 9.91. The highest BCUT2D eigenvalue weighted by Gasteiger charge is 2.27. The van der Waals surface area contributed by atoms with Crippen LogP contribution in [0.1, 0.15) is 85.5 Å². The molecule has 19 heavy (non-hydrogen) atoms. The zero-order chi connectivity index (χ0) is 14.7. The minimum Gasteiger partial charge on any atom is -0.481 e. The van der Waals surface area contributed by atoms with Crippen LogP contribution >= 0.6 is 0 Å². The maximum absolute atomic E-state index is 10.7. The molecule has 3 nitrogen and oxygen atoms in total. The molecule has 1 N–H and O–H groups in total. The second-order valence-electron chi connectivity index (χ2n) is 5.89. The average Bonchev–Trinajstić information content (AvgIpc) is 2.31. The van der Waals surface area contributed by atoms with Crippen molar-refractivity contribution in [1.29, 1.82) is 0 Å². The number of hydrogen-bond donors (Lipinski definition) is 1. The van der Waals surface area contributed by atoms with Crippen LogP contribution in [0.15, 0.2) is 0 Å². The van der Waals surface area contributed by atoms with Crippen molar-refractivity contribution in [2.45, 2.75) is 97.2 Å². The van der Waals surface area contributed by atoms with Gasteiger partial charge in [0, 0.05) is 0 Å².